The van der Waals surface area contributed by atoms with Crippen LogP contribution in [0.15, 0.2) is 45.6 Å². The van der Waals surface area contributed by atoms with Crippen molar-refractivity contribution in [2.75, 3.05) is 14.2 Å². The third kappa shape index (κ3) is 4.16. The molecule has 0 aliphatic heterocycles. The SMILES string of the molecule is COc1ccccc1C(C)N(C)C(=O)Cc1csc(-c2cc(Br)cs2)n1. The fourth-order valence-corrected chi connectivity index (χ4v) is 4.97. The Balaban J connectivity index is 1.70. The van der Waals surface area contributed by atoms with E-state index in [9.17, 15) is 4.79 Å². The van der Waals surface area contributed by atoms with Crippen molar-refractivity contribution in [3.8, 4) is 15.6 Å². The number of thiophene rings is 1. The zero-order chi connectivity index (χ0) is 18.7. The summed E-state index contributed by atoms with van der Waals surface area (Å²) in [6, 6.07) is 9.75. The first-order valence-electron chi connectivity index (χ1n) is 8.07. The van der Waals surface area contributed by atoms with E-state index in [-0.39, 0.29) is 11.9 Å². The van der Waals surface area contributed by atoms with E-state index in [0.29, 0.717) is 6.42 Å². The van der Waals surface area contributed by atoms with Crippen molar-refractivity contribution in [1.82, 2.24) is 9.88 Å². The van der Waals surface area contributed by atoms with E-state index < -0.39 is 0 Å². The number of ether oxygens (including phenoxy) is 1. The third-order valence-electron chi connectivity index (χ3n) is 4.23. The van der Waals surface area contributed by atoms with Crippen molar-refractivity contribution >= 4 is 44.5 Å². The van der Waals surface area contributed by atoms with Crippen LogP contribution in [0.2, 0.25) is 0 Å². The smallest absolute Gasteiger partial charge is 0.228 e. The van der Waals surface area contributed by atoms with Crippen molar-refractivity contribution in [3.63, 3.8) is 0 Å². The Morgan fingerprint density at radius 1 is 1.31 bits per heavy atom. The molecule has 0 bridgehead atoms. The quantitative estimate of drug-likeness (QED) is 0.504. The van der Waals surface area contributed by atoms with Crippen LogP contribution in [0.5, 0.6) is 5.75 Å². The van der Waals surface area contributed by atoms with Gasteiger partial charge >= 0.3 is 0 Å². The Morgan fingerprint density at radius 2 is 2.08 bits per heavy atom. The predicted octanol–water partition coefficient (Wildman–Crippen LogP) is 5.40. The number of para-hydroxylation sites is 1. The summed E-state index contributed by atoms with van der Waals surface area (Å²) in [6.45, 7) is 2.01. The molecule has 1 unspecified atom stereocenters. The molecule has 26 heavy (non-hydrogen) atoms. The fraction of sp³-hybridized carbons (Fsp3) is 0.263. The Labute approximate surface area is 169 Å². The second kappa shape index (κ2) is 8.33. The molecule has 0 saturated heterocycles. The molecule has 1 amide bonds. The minimum atomic E-state index is -0.0787. The van der Waals surface area contributed by atoms with Gasteiger partial charge in [0.25, 0.3) is 0 Å². The highest BCUT2D eigenvalue weighted by Gasteiger charge is 2.21. The van der Waals surface area contributed by atoms with E-state index in [1.165, 1.54) is 0 Å². The zero-order valence-corrected chi connectivity index (χ0v) is 18.0. The van der Waals surface area contributed by atoms with Gasteiger partial charge in [-0.25, -0.2) is 4.98 Å². The second-order valence-corrected chi connectivity index (χ2v) is 8.56. The average molecular weight is 451 g/mol. The van der Waals surface area contributed by atoms with Gasteiger partial charge in [0.15, 0.2) is 0 Å². The largest absolute Gasteiger partial charge is 0.496 e. The third-order valence-corrected chi connectivity index (χ3v) is 6.98. The number of likely N-dealkylation sites (N-methyl/N-ethyl adjacent to an activating group) is 1. The number of methoxy groups -OCH3 is 1. The van der Waals surface area contributed by atoms with E-state index in [0.717, 1.165) is 31.4 Å². The summed E-state index contributed by atoms with van der Waals surface area (Å²) in [6.07, 6.45) is 0.291. The maximum atomic E-state index is 12.7. The van der Waals surface area contributed by atoms with Crippen molar-refractivity contribution in [1.29, 1.82) is 0 Å². The highest BCUT2D eigenvalue weighted by Crippen LogP contribution is 2.32. The Morgan fingerprint density at radius 3 is 2.77 bits per heavy atom. The number of amides is 1. The molecule has 1 aromatic carbocycles. The van der Waals surface area contributed by atoms with E-state index in [1.807, 2.05) is 55.1 Å². The maximum absolute atomic E-state index is 12.7. The summed E-state index contributed by atoms with van der Waals surface area (Å²) < 4.78 is 6.47. The van der Waals surface area contributed by atoms with Crippen LogP contribution < -0.4 is 4.74 Å². The van der Waals surface area contributed by atoms with Crippen molar-refractivity contribution in [2.24, 2.45) is 0 Å². The molecule has 2 aromatic heterocycles. The lowest BCUT2D eigenvalue weighted by Crippen LogP contribution is -2.31. The molecule has 0 fully saturated rings. The molecular formula is C19H19BrN2O2S2. The molecule has 0 spiro atoms. The standard InChI is InChI=1S/C19H19BrN2O2S2/c1-12(15-6-4-5-7-16(15)24-3)22(2)18(23)9-14-11-26-19(21-14)17-8-13(20)10-25-17/h4-8,10-12H,9H2,1-3H3. The first-order chi connectivity index (χ1) is 12.5. The number of thiazole rings is 1. The van der Waals surface area contributed by atoms with Crippen LogP contribution in [0.3, 0.4) is 0 Å². The summed E-state index contributed by atoms with van der Waals surface area (Å²) >= 11 is 6.67. The molecule has 4 nitrogen and oxygen atoms in total. The molecular weight excluding hydrogens is 432 g/mol. The summed E-state index contributed by atoms with van der Waals surface area (Å²) in [7, 11) is 3.47. The fourth-order valence-electron chi connectivity index (χ4n) is 2.64. The molecule has 136 valence electrons. The molecule has 2 heterocycles. The van der Waals surface area contributed by atoms with Crippen LogP contribution in [0.25, 0.3) is 9.88 Å². The lowest BCUT2D eigenvalue weighted by molar-refractivity contribution is -0.131. The predicted molar refractivity (Wildman–Crippen MR) is 111 cm³/mol. The number of hydrogen-bond acceptors (Lipinski definition) is 5. The van der Waals surface area contributed by atoms with Gasteiger partial charge in [0.05, 0.1) is 30.1 Å². The first-order valence-corrected chi connectivity index (χ1v) is 10.6. The van der Waals surface area contributed by atoms with Crippen molar-refractivity contribution in [3.05, 3.63) is 56.8 Å². The highest BCUT2D eigenvalue weighted by molar-refractivity contribution is 9.10. The van der Waals surface area contributed by atoms with Crippen LogP contribution in [-0.2, 0) is 11.2 Å². The van der Waals surface area contributed by atoms with Crippen LogP contribution in [0.1, 0.15) is 24.2 Å². The van der Waals surface area contributed by atoms with E-state index in [1.54, 1.807) is 34.7 Å². The minimum Gasteiger partial charge on any atom is -0.496 e. The van der Waals surface area contributed by atoms with Crippen LogP contribution in [0, 0.1) is 0 Å². The van der Waals surface area contributed by atoms with Crippen LogP contribution >= 0.6 is 38.6 Å². The van der Waals surface area contributed by atoms with Gasteiger partial charge in [-0.3, -0.25) is 4.79 Å². The molecule has 3 rings (SSSR count). The zero-order valence-electron chi connectivity index (χ0n) is 14.7. The molecule has 0 N–H and O–H groups in total. The Bertz CT molecular complexity index is 906. The number of rotatable bonds is 6. The number of carbonyl (C=O) groups is 1. The number of carbonyl (C=O) groups excluding carboxylic acids is 1. The minimum absolute atomic E-state index is 0.0348. The Hall–Kier alpha value is -1.70. The summed E-state index contributed by atoms with van der Waals surface area (Å²) in [5, 5.41) is 4.94. The highest BCUT2D eigenvalue weighted by atomic mass is 79.9. The van der Waals surface area contributed by atoms with Crippen LogP contribution in [-0.4, -0.2) is 29.9 Å². The average Bonchev–Trinajstić information content (AvgIpc) is 3.29. The van der Waals surface area contributed by atoms with Gasteiger partial charge < -0.3 is 9.64 Å². The molecule has 7 heteroatoms. The van der Waals surface area contributed by atoms with Gasteiger partial charge in [-0.2, -0.15) is 0 Å². The van der Waals surface area contributed by atoms with Gasteiger partial charge in [0.1, 0.15) is 10.8 Å². The lowest BCUT2D eigenvalue weighted by atomic mass is 10.1. The summed E-state index contributed by atoms with van der Waals surface area (Å²) in [5.74, 6) is 0.825. The van der Waals surface area contributed by atoms with Crippen LogP contribution in [0.4, 0.5) is 0 Å². The van der Waals surface area contributed by atoms with E-state index in [2.05, 4.69) is 20.9 Å². The van der Waals surface area contributed by atoms with Crippen molar-refractivity contribution in [2.45, 2.75) is 19.4 Å². The van der Waals surface area contributed by atoms with Crippen molar-refractivity contribution < 1.29 is 9.53 Å². The molecule has 0 saturated carbocycles. The van der Waals surface area contributed by atoms with Gasteiger partial charge in [-0.1, -0.05) is 18.2 Å². The second-order valence-electron chi connectivity index (χ2n) is 5.87. The molecule has 0 radical (unpaired) electrons. The number of aromatic nitrogens is 1. The molecule has 0 aliphatic carbocycles. The maximum Gasteiger partial charge on any atom is 0.228 e. The normalized spacial score (nSPS) is 12.0. The topological polar surface area (TPSA) is 42.4 Å². The van der Waals surface area contributed by atoms with E-state index in [4.69, 9.17) is 4.74 Å². The molecule has 1 atom stereocenters. The summed E-state index contributed by atoms with van der Waals surface area (Å²) in [4.78, 5) is 20.2. The number of hydrogen-bond donors (Lipinski definition) is 0. The Kier molecular flexibility index (Phi) is 6.11. The lowest BCUT2D eigenvalue weighted by Gasteiger charge is -2.26. The van der Waals surface area contributed by atoms with Gasteiger partial charge in [-0.05, 0) is 35.0 Å². The molecule has 0 aliphatic rings. The van der Waals surface area contributed by atoms with Gasteiger partial charge in [0, 0.05) is 27.8 Å². The first kappa shape index (κ1) is 19.1. The summed E-state index contributed by atoms with van der Waals surface area (Å²) in [5.41, 5.74) is 1.80. The number of halogens is 1. The van der Waals surface area contributed by atoms with Gasteiger partial charge in [-0.15, -0.1) is 22.7 Å². The van der Waals surface area contributed by atoms with Gasteiger partial charge in [0.2, 0.25) is 5.91 Å². The number of benzene rings is 1. The van der Waals surface area contributed by atoms with E-state index >= 15 is 0 Å². The number of nitrogens with zero attached hydrogens (tertiary/aromatic N) is 2. The molecule has 3 aromatic rings. The monoisotopic (exact) mass is 450 g/mol.